The number of ether oxygens (including phenoxy) is 1. The first-order chi connectivity index (χ1) is 17.2. The topological polar surface area (TPSA) is 80.3 Å². The van der Waals surface area contributed by atoms with Crippen LogP contribution in [0.3, 0.4) is 0 Å². The van der Waals surface area contributed by atoms with E-state index < -0.39 is 0 Å². The van der Waals surface area contributed by atoms with Gasteiger partial charge in [-0.15, -0.1) is 11.3 Å². The summed E-state index contributed by atoms with van der Waals surface area (Å²) < 4.78 is 5.75. The molecule has 0 aliphatic carbocycles. The lowest BCUT2D eigenvalue weighted by molar-refractivity contribution is -0.116. The Bertz CT molecular complexity index is 1230. The highest BCUT2D eigenvalue weighted by molar-refractivity contribution is 7.09. The molecule has 0 atom stereocenters. The Balaban J connectivity index is 1.22. The molecule has 4 rings (SSSR count). The number of thiophene rings is 1. The van der Waals surface area contributed by atoms with Crippen LogP contribution < -0.4 is 15.4 Å². The van der Waals surface area contributed by atoms with Gasteiger partial charge in [-0.05, 0) is 72.3 Å². The number of anilines is 1. The minimum absolute atomic E-state index is 0.0514. The fourth-order valence-corrected chi connectivity index (χ4v) is 4.22. The Hall–Kier alpha value is -3.97. The van der Waals surface area contributed by atoms with Crippen LogP contribution in [-0.4, -0.2) is 16.8 Å². The molecule has 0 bridgehead atoms. The van der Waals surface area contributed by atoms with Gasteiger partial charge in [0.15, 0.2) is 0 Å². The Morgan fingerprint density at radius 2 is 1.83 bits per heavy atom. The summed E-state index contributed by atoms with van der Waals surface area (Å²) in [5.74, 6) is 0.489. The summed E-state index contributed by atoms with van der Waals surface area (Å²) >= 11 is 1.70. The highest BCUT2D eigenvalue weighted by atomic mass is 32.1. The first-order valence-electron chi connectivity index (χ1n) is 11.5. The number of hydrogen-bond donors (Lipinski definition) is 2. The molecule has 0 spiro atoms. The number of hydrogen-bond acceptors (Lipinski definition) is 5. The highest BCUT2D eigenvalue weighted by Gasteiger charge is 2.09. The van der Waals surface area contributed by atoms with E-state index in [1.807, 2.05) is 53.9 Å². The summed E-state index contributed by atoms with van der Waals surface area (Å²) in [4.78, 5) is 30.4. The lowest BCUT2D eigenvalue weighted by Crippen LogP contribution is -2.23. The first-order valence-corrected chi connectivity index (χ1v) is 12.4. The maximum atomic E-state index is 12.6. The third-order valence-electron chi connectivity index (χ3n) is 5.30. The second-order valence-electron chi connectivity index (χ2n) is 8.00. The van der Waals surface area contributed by atoms with E-state index >= 15 is 0 Å². The van der Waals surface area contributed by atoms with Gasteiger partial charge in [0.25, 0.3) is 5.91 Å². The summed E-state index contributed by atoms with van der Waals surface area (Å²) in [6.45, 7) is 0.789. The second-order valence-corrected chi connectivity index (χ2v) is 9.03. The number of rotatable bonds is 11. The van der Waals surface area contributed by atoms with E-state index in [9.17, 15) is 9.59 Å². The molecule has 2 aromatic heterocycles. The molecule has 178 valence electrons. The number of aryl methyl sites for hydroxylation is 1. The summed E-state index contributed by atoms with van der Waals surface area (Å²) in [5.41, 5.74) is 2.93. The van der Waals surface area contributed by atoms with E-state index in [1.54, 1.807) is 41.8 Å². The van der Waals surface area contributed by atoms with Gasteiger partial charge in [0.2, 0.25) is 5.91 Å². The third kappa shape index (κ3) is 7.79. The van der Waals surface area contributed by atoms with Gasteiger partial charge in [-0.3, -0.25) is 14.6 Å². The van der Waals surface area contributed by atoms with Crippen LogP contribution in [0, 0.1) is 0 Å². The summed E-state index contributed by atoms with van der Waals surface area (Å²) in [6.07, 6.45) is 3.86. The lowest BCUT2D eigenvalue weighted by atomic mass is 10.1. The first kappa shape index (κ1) is 24.2. The molecule has 2 heterocycles. The molecule has 0 radical (unpaired) electrons. The van der Waals surface area contributed by atoms with Crippen molar-refractivity contribution in [2.75, 3.05) is 5.32 Å². The van der Waals surface area contributed by atoms with Crippen molar-refractivity contribution in [2.24, 2.45) is 0 Å². The van der Waals surface area contributed by atoms with Crippen LogP contribution in [-0.2, 0) is 24.4 Å². The van der Waals surface area contributed by atoms with Crippen molar-refractivity contribution in [1.82, 2.24) is 10.3 Å². The average Bonchev–Trinajstić information content (AvgIpc) is 3.41. The standard InChI is InChI=1S/C28H27N3O3S/c32-27(11-4-9-26-10-5-17-35-26)31-23-8-3-6-22(18-23)28(33)30-19-21-12-14-25(15-13-21)34-20-24-7-1-2-16-29-24/h1-3,5-8,10,12-18H,4,9,11,19-20H2,(H,30,33)(H,31,32). The Kier molecular flexibility index (Phi) is 8.62. The minimum atomic E-state index is -0.200. The largest absolute Gasteiger partial charge is 0.487 e. The van der Waals surface area contributed by atoms with E-state index in [0.29, 0.717) is 30.8 Å². The predicted molar refractivity (Wildman–Crippen MR) is 139 cm³/mol. The molecule has 0 unspecified atom stereocenters. The van der Waals surface area contributed by atoms with E-state index in [4.69, 9.17) is 4.74 Å². The van der Waals surface area contributed by atoms with Crippen molar-refractivity contribution in [3.8, 4) is 5.75 Å². The van der Waals surface area contributed by atoms with Crippen molar-refractivity contribution >= 4 is 28.8 Å². The van der Waals surface area contributed by atoms with Crippen LogP contribution >= 0.6 is 11.3 Å². The number of carbonyl (C=O) groups excluding carboxylic acids is 2. The number of nitrogens with one attached hydrogen (secondary N) is 2. The van der Waals surface area contributed by atoms with Crippen LogP contribution in [0.25, 0.3) is 0 Å². The molecule has 4 aromatic rings. The number of aromatic nitrogens is 1. The molecule has 0 fully saturated rings. The fraction of sp³-hybridized carbons (Fsp3) is 0.179. The Morgan fingerprint density at radius 1 is 0.943 bits per heavy atom. The molecule has 0 saturated carbocycles. The monoisotopic (exact) mass is 485 g/mol. The van der Waals surface area contributed by atoms with Crippen molar-refractivity contribution in [3.63, 3.8) is 0 Å². The van der Waals surface area contributed by atoms with Gasteiger partial charge in [-0.25, -0.2) is 0 Å². The molecule has 0 aliphatic heterocycles. The van der Waals surface area contributed by atoms with E-state index in [0.717, 1.165) is 29.8 Å². The summed E-state index contributed by atoms with van der Waals surface area (Å²) in [7, 11) is 0. The highest BCUT2D eigenvalue weighted by Crippen LogP contribution is 2.16. The van der Waals surface area contributed by atoms with Gasteiger partial charge >= 0.3 is 0 Å². The Morgan fingerprint density at radius 3 is 2.60 bits per heavy atom. The van der Waals surface area contributed by atoms with Gasteiger partial charge in [0, 0.05) is 35.3 Å². The van der Waals surface area contributed by atoms with Crippen LogP contribution in [0.5, 0.6) is 5.75 Å². The number of benzene rings is 2. The smallest absolute Gasteiger partial charge is 0.251 e. The van der Waals surface area contributed by atoms with E-state index in [2.05, 4.69) is 21.7 Å². The van der Waals surface area contributed by atoms with Crippen LogP contribution in [0.15, 0.2) is 90.4 Å². The molecule has 0 saturated heterocycles. The normalized spacial score (nSPS) is 10.5. The molecule has 7 heteroatoms. The zero-order valence-corrected chi connectivity index (χ0v) is 20.1. The number of amides is 2. The molecular weight excluding hydrogens is 458 g/mol. The SMILES string of the molecule is O=C(CCCc1cccs1)Nc1cccc(C(=O)NCc2ccc(OCc3ccccn3)cc2)c1. The number of carbonyl (C=O) groups is 2. The Labute approximate surface area is 209 Å². The molecule has 2 aromatic carbocycles. The van der Waals surface area contributed by atoms with E-state index in [1.165, 1.54) is 4.88 Å². The van der Waals surface area contributed by atoms with Crippen LogP contribution in [0.4, 0.5) is 5.69 Å². The quantitative estimate of drug-likeness (QED) is 0.289. The summed E-state index contributed by atoms with van der Waals surface area (Å²) in [6, 6.07) is 24.4. The molecule has 2 amide bonds. The number of pyridine rings is 1. The zero-order valence-electron chi connectivity index (χ0n) is 19.3. The average molecular weight is 486 g/mol. The zero-order chi connectivity index (χ0) is 24.3. The van der Waals surface area contributed by atoms with Gasteiger partial charge in [0.1, 0.15) is 12.4 Å². The fourth-order valence-electron chi connectivity index (χ4n) is 3.47. The van der Waals surface area contributed by atoms with Crippen molar-refractivity contribution in [3.05, 3.63) is 112 Å². The van der Waals surface area contributed by atoms with Gasteiger partial charge in [0.05, 0.1) is 5.69 Å². The second kappa shape index (κ2) is 12.5. The van der Waals surface area contributed by atoms with Crippen molar-refractivity contribution in [1.29, 1.82) is 0 Å². The maximum Gasteiger partial charge on any atom is 0.251 e. The molecular formula is C28H27N3O3S. The van der Waals surface area contributed by atoms with Crippen molar-refractivity contribution in [2.45, 2.75) is 32.4 Å². The lowest BCUT2D eigenvalue weighted by Gasteiger charge is -2.10. The maximum absolute atomic E-state index is 12.6. The predicted octanol–water partition coefficient (Wildman–Crippen LogP) is 5.61. The van der Waals surface area contributed by atoms with Crippen LogP contribution in [0.1, 0.15) is 39.3 Å². The van der Waals surface area contributed by atoms with Gasteiger partial charge < -0.3 is 15.4 Å². The van der Waals surface area contributed by atoms with Crippen LogP contribution in [0.2, 0.25) is 0 Å². The van der Waals surface area contributed by atoms with Crippen molar-refractivity contribution < 1.29 is 14.3 Å². The molecule has 6 nitrogen and oxygen atoms in total. The third-order valence-corrected chi connectivity index (χ3v) is 6.24. The molecule has 35 heavy (non-hydrogen) atoms. The van der Waals surface area contributed by atoms with Gasteiger partial charge in [-0.1, -0.05) is 30.3 Å². The number of nitrogens with zero attached hydrogens (tertiary/aromatic N) is 1. The summed E-state index contributed by atoms with van der Waals surface area (Å²) in [5, 5.41) is 7.85. The van der Waals surface area contributed by atoms with Gasteiger partial charge in [-0.2, -0.15) is 0 Å². The molecule has 0 aliphatic rings. The van der Waals surface area contributed by atoms with E-state index in [-0.39, 0.29) is 11.8 Å². The minimum Gasteiger partial charge on any atom is -0.487 e. The molecule has 2 N–H and O–H groups in total.